The Labute approximate surface area is 113 Å². The first-order chi connectivity index (χ1) is 9.11. The zero-order chi connectivity index (χ0) is 13.5. The molecule has 2 saturated heterocycles. The lowest BCUT2D eigenvalue weighted by molar-refractivity contribution is -0.125. The maximum atomic E-state index is 12.2. The second-order valence-corrected chi connectivity index (χ2v) is 5.71. The summed E-state index contributed by atoms with van der Waals surface area (Å²) in [5.41, 5.74) is -0.816. The van der Waals surface area contributed by atoms with Crippen molar-refractivity contribution in [2.45, 2.75) is 18.4 Å². The first-order valence-electron chi connectivity index (χ1n) is 6.07. The summed E-state index contributed by atoms with van der Waals surface area (Å²) in [6.07, 6.45) is 0.920. The number of nitrogens with one attached hydrogen (secondary N) is 2. The summed E-state index contributed by atoms with van der Waals surface area (Å²) in [5, 5.41) is 6.80. The van der Waals surface area contributed by atoms with E-state index in [2.05, 4.69) is 10.6 Å². The molecule has 0 aromatic carbocycles. The number of carbonyl (C=O) groups excluding carboxylic acids is 3. The number of imide groups is 1. The molecule has 0 bridgehead atoms. The fraction of sp³-hybridized carbons (Fsp3) is 0.417. The number of amides is 4. The molecule has 2 aliphatic heterocycles. The van der Waals surface area contributed by atoms with E-state index in [1.165, 1.54) is 11.3 Å². The van der Waals surface area contributed by atoms with E-state index in [9.17, 15) is 14.4 Å². The molecular weight excluding hydrogens is 266 g/mol. The molecule has 1 spiro atoms. The van der Waals surface area contributed by atoms with Crippen LogP contribution in [0.1, 0.15) is 22.5 Å². The minimum Gasteiger partial charge on any atom is -0.338 e. The van der Waals surface area contributed by atoms with Gasteiger partial charge in [0, 0.05) is 13.1 Å². The molecule has 3 rings (SSSR count). The molecule has 0 saturated carbocycles. The third-order valence-electron chi connectivity index (χ3n) is 3.65. The van der Waals surface area contributed by atoms with Gasteiger partial charge in [-0.15, -0.1) is 11.3 Å². The Hall–Kier alpha value is -1.89. The minimum absolute atomic E-state index is 0.00502. The van der Waals surface area contributed by atoms with Crippen molar-refractivity contribution >= 4 is 29.2 Å². The van der Waals surface area contributed by atoms with Crippen molar-refractivity contribution < 1.29 is 14.4 Å². The zero-order valence-electron chi connectivity index (χ0n) is 10.1. The molecule has 7 heteroatoms. The SMILES string of the molecule is O=C1NC(=O)C2(CCN(C(=O)c3cccs3)CC2)N1. The van der Waals surface area contributed by atoms with Gasteiger partial charge in [-0.3, -0.25) is 14.9 Å². The number of piperidine rings is 1. The average Bonchev–Trinajstić information content (AvgIpc) is 2.99. The number of hydrogen-bond donors (Lipinski definition) is 2. The molecule has 4 amide bonds. The van der Waals surface area contributed by atoms with Crippen LogP contribution in [0.25, 0.3) is 0 Å². The summed E-state index contributed by atoms with van der Waals surface area (Å²) in [6.45, 7) is 0.953. The van der Waals surface area contributed by atoms with Crippen LogP contribution in [0.2, 0.25) is 0 Å². The number of urea groups is 1. The second-order valence-electron chi connectivity index (χ2n) is 4.76. The molecule has 2 N–H and O–H groups in total. The Bertz CT molecular complexity index is 532. The predicted octanol–water partition coefficient (Wildman–Crippen LogP) is 0.562. The molecule has 0 aliphatic carbocycles. The summed E-state index contributed by atoms with van der Waals surface area (Å²) >= 11 is 1.41. The highest BCUT2D eigenvalue weighted by molar-refractivity contribution is 7.12. The van der Waals surface area contributed by atoms with Gasteiger partial charge >= 0.3 is 6.03 Å². The van der Waals surface area contributed by atoms with E-state index < -0.39 is 11.6 Å². The Morgan fingerprint density at radius 3 is 2.58 bits per heavy atom. The fourth-order valence-corrected chi connectivity index (χ4v) is 3.22. The highest BCUT2D eigenvalue weighted by Crippen LogP contribution is 2.26. The van der Waals surface area contributed by atoms with Crippen LogP contribution < -0.4 is 10.6 Å². The normalized spacial score (nSPS) is 21.4. The maximum Gasteiger partial charge on any atom is 0.322 e. The van der Waals surface area contributed by atoms with E-state index in [0.29, 0.717) is 30.8 Å². The first kappa shape index (κ1) is 12.2. The van der Waals surface area contributed by atoms with Gasteiger partial charge in [-0.05, 0) is 24.3 Å². The Kier molecular flexibility index (Phi) is 2.78. The maximum absolute atomic E-state index is 12.2. The molecule has 100 valence electrons. The summed E-state index contributed by atoms with van der Waals surface area (Å²) in [7, 11) is 0. The van der Waals surface area contributed by atoms with Crippen LogP contribution in [0.3, 0.4) is 0 Å². The summed E-state index contributed by atoms with van der Waals surface area (Å²) in [4.78, 5) is 37.6. The fourth-order valence-electron chi connectivity index (χ4n) is 2.53. The smallest absolute Gasteiger partial charge is 0.322 e. The van der Waals surface area contributed by atoms with E-state index in [1.807, 2.05) is 11.4 Å². The molecule has 0 unspecified atom stereocenters. The van der Waals surface area contributed by atoms with Crippen LogP contribution in [0.15, 0.2) is 17.5 Å². The summed E-state index contributed by atoms with van der Waals surface area (Å²) in [5.74, 6) is -0.282. The lowest BCUT2D eigenvalue weighted by Gasteiger charge is -2.36. The van der Waals surface area contributed by atoms with E-state index in [1.54, 1.807) is 11.0 Å². The van der Waals surface area contributed by atoms with Gasteiger partial charge in [0.1, 0.15) is 5.54 Å². The molecule has 3 heterocycles. The zero-order valence-corrected chi connectivity index (χ0v) is 11.0. The third-order valence-corrected chi connectivity index (χ3v) is 4.51. The molecule has 2 aliphatic rings. The van der Waals surface area contributed by atoms with Crippen molar-refractivity contribution in [2.75, 3.05) is 13.1 Å². The van der Waals surface area contributed by atoms with Gasteiger partial charge in [0.05, 0.1) is 4.88 Å². The number of nitrogens with zero attached hydrogens (tertiary/aromatic N) is 1. The van der Waals surface area contributed by atoms with Gasteiger partial charge in [-0.25, -0.2) is 4.79 Å². The van der Waals surface area contributed by atoms with Gasteiger partial charge in [-0.1, -0.05) is 6.07 Å². The van der Waals surface area contributed by atoms with Crippen LogP contribution in [0.5, 0.6) is 0 Å². The van der Waals surface area contributed by atoms with Crippen molar-refractivity contribution in [1.82, 2.24) is 15.5 Å². The van der Waals surface area contributed by atoms with Crippen molar-refractivity contribution in [2.24, 2.45) is 0 Å². The van der Waals surface area contributed by atoms with Crippen molar-refractivity contribution in [3.63, 3.8) is 0 Å². The Balaban J connectivity index is 1.68. The quantitative estimate of drug-likeness (QED) is 0.737. The molecule has 0 atom stereocenters. The summed E-state index contributed by atoms with van der Waals surface area (Å²) in [6, 6.07) is 3.19. The monoisotopic (exact) mass is 279 g/mol. The van der Waals surface area contributed by atoms with Gasteiger partial charge < -0.3 is 10.2 Å². The van der Waals surface area contributed by atoms with E-state index >= 15 is 0 Å². The van der Waals surface area contributed by atoms with Crippen LogP contribution in [0, 0.1) is 0 Å². The highest BCUT2D eigenvalue weighted by atomic mass is 32.1. The molecule has 19 heavy (non-hydrogen) atoms. The van der Waals surface area contributed by atoms with Crippen LogP contribution in [-0.4, -0.2) is 41.4 Å². The molecule has 0 radical (unpaired) electrons. The number of thiophene rings is 1. The van der Waals surface area contributed by atoms with Crippen molar-refractivity contribution in [1.29, 1.82) is 0 Å². The number of rotatable bonds is 1. The first-order valence-corrected chi connectivity index (χ1v) is 6.95. The molecule has 1 aromatic heterocycles. The summed E-state index contributed by atoms with van der Waals surface area (Å²) < 4.78 is 0. The predicted molar refractivity (Wildman–Crippen MR) is 68.9 cm³/mol. The van der Waals surface area contributed by atoms with Gasteiger partial charge in [0.2, 0.25) is 0 Å². The van der Waals surface area contributed by atoms with Crippen LogP contribution in [-0.2, 0) is 4.79 Å². The highest BCUT2D eigenvalue weighted by Gasteiger charge is 2.48. The molecular formula is C12H13N3O3S. The molecule has 1 aromatic rings. The second kappa shape index (κ2) is 4.34. The number of likely N-dealkylation sites (tertiary alicyclic amines) is 1. The Morgan fingerprint density at radius 2 is 2.05 bits per heavy atom. The topological polar surface area (TPSA) is 78.5 Å². The van der Waals surface area contributed by atoms with E-state index in [-0.39, 0.29) is 11.8 Å². The third kappa shape index (κ3) is 1.99. The largest absolute Gasteiger partial charge is 0.338 e. The molecule has 2 fully saturated rings. The number of hydrogen-bond acceptors (Lipinski definition) is 4. The van der Waals surface area contributed by atoms with Gasteiger partial charge in [0.15, 0.2) is 0 Å². The average molecular weight is 279 g/mol. The van der Waals surface area contributed by atoms with Crippen molar-refractivity contribution in [3.8, 4) is 0 Å². The minimum atomic E-state index is -0.816. The Morgan fingerprint density at radius 1 is 1.32 bits per heavy atom. The van der Waals surface area contributed by atoms with E-state index in [0.717, 1.165) is 0 Å². The van der Waals surface area contributed by atoms with Crippen LogP contribution >= 0.6 is 11.3 Å². The lowest BCUT2D eigenvalue weighted by atomic mass is 9.87. The molecule has 6 nitrogen and oxygen atoms in total. The van der Waals surface area contributed by atoms with Crippen molar-refractivity contribution in [3.05, 3.63) is 22.4 Å². The van der Waals surface area contributed by atoms with Crippen LogP contribution in [0.4, 0.5) is 4.79 Å². The van der Waals surface area contributed by atoms with E-state index in [4.69, 9.17) is 0 Å². The standard InChI is InChI=1S/C12H13N3O3S/c16-9(8-2-1-7-19-8)15-5-3-12(4-6-15)10(17)13-11(18)14-12/h1-2,7H,3-6H2,(H2,13,14,17,18). The lowest BCUT2D eigenvalue weighted by Crippen LogP contribution is -2.55. The van der Waals surface area contributed by atoms with Gasteiger partial charge in [-0.2, -0.15) is 0 Å². The number of carbonyl (C=O) groups is 3. The van der Waals surface area contributed by atoms with Gasteiger partial charge in [0.25, 0.3) is 11.8 Å².